The number of rotatable bonds is 2. The molecule has 0 fully saturated rings. The minimum absolute atomic E-state index is 0.253. The summed E-state index contributed by atoms with van der Waals surface area (Å²) in [5.41, 5.74) is 12.0. The van der Waals surface area contributed by atoms with Crippen molar-refractivity contribution in [1.82, 2.24) is 0 Å². The van der Waals surface area contributed by atoms with Gasteiger partial charge < -0.3 is 24.6 Å². The monoisotopic (exact) mass is 623 g/mol. The van der Waals surface area contributed by atoms with E-state index in [0.717, 1.165) is 117 Å². The van der Waals surface area contributed by atoms with E-state index >= 15 is 0 Å². The molecule has 1 spiro atoms. The van der Waals surface area contributed by atoms with Crippen LogP contribution in [0.15, 0.2) is 54.6 Å². The zero-order chi connectivity index (χ0) is 31.4. The van der Waals surface area contributed by atoms with Gasteiger partial charge in [0.1, 0.15) is 11.5 Å². The van der Waals surface area contributed by atoms with Crippen LogP contribution >= 0.6 is 0 Å². The number of aryl methyl sites for hydroxylation is 3. The number of esters is 1. The molecule has 0 radical (unpaired) electrons. The first-order valence-electron chi connectivity index (χ1n) is 17.3. The number of anilines is 3. The highest BCUT2D eigenvalue weighted by molar-refractivity contribution is 6.07. The summed E-state index contributed by atoms with van der Waals surface area (Å²) in [7, 11) is 0. The van der Waals surface area contributed by atoms with Crippen LogP contribution in [0.4, 0.5) is 17.1 Å². The molecule has 0 saturated heterocycles. The Morgan fingerprint density at radius 2 is 1.36 bits per heavy atom. The van der Waals surface area contributed by atoms with Crippen molar-refractivity contribution in [3.63, 3.8) is 0 Å². The fraction of sp³-hybridized carbons (Fsp3) is 0.350. The van der Waals surface area contributed by atoms with E-state index in [0.29, 0.717) is 11.1 Å². The van der Waals surface area contributed by atoms with Gasteiger partial charge in [0, 0.05) is 76.6 Å². The molecule has 0 aromatic heterocycles. The third-order valence-electron chi connectivity index (χ3n) is 11.3. The largest absolute Gasteiger partial charge is 0.456 e. The Hall–Kier alpha value is -4.78. The summed E-state index contributed by atoms with van der Waals surface area (Å²) in [5.74, 6) is 1.09. The van der Waals surface area contributed by atoms with Crippen molar-refractivity contribution in [3.05, 3.63) is 110 Å². The molecule has 4 aromatic rings. The highest BCUT2D eigenvalue weighted by Crippen LogP contribution is 2.62. The third kappa shape index (κ3) is 3.80. The molecule has 1 amide bonds. The molecule has 0 unspecified atom stereocenters. The first-order chi connectivity index (χ1) is 23.0. The predicted molar refractivity (Wildman–Crippen MR) is 182 cm³/mol. The van der Waals surface area contributed by atoms with Gasteiger partial charge in [-0.25, -0.2) is 4.79 Å². The van der Waals surface area contributed by atoms with Gasteiger partial charge in [-0.05, 0) is 111 Å². The average Bonchev–Trinajstić information content (AvgIpc) is 3.38. The van der Waals surface area contributed by atoms with E-state index in [1.54, 1.807) is 6.07 Å². The van der Waals surface area contributed by atoms with Crippen LogP contribution in [0.3, 0.4) is 0 Å². The first kappa shape index (κ1) is 27.3. The molecule has 4 aromatic carbocycles. The van der Waals surface area contributed by atoms with Crippen molar-refractivity contribution in [3.8, 4) is 11.5 Å². The zero-order valence-electron chi connectivity index (χ0n) is 26.7. The summed E-state index contributed by atoms with van der Waals surface area (Å²) in [4.78, 5) is 32.7. The lowest BCUT2D eigenvalue weighted by Crippen LogP contribution is -2.40. The van der Waals surface area contributed by atoms with E-state index in [1.165, 1.54) is 33.6 Å². The minimum atomic E-state index is -1.14. The molecular formula is C40H37N3O4. The number of ether oxygens (including phenoxy) is 2. The van der Waals surface area contributed by atoms with Gasteiger partial charge in [-0.2, -0.15) is 0 Å². The second-order valence-electron chi connectivity index (χ2n) is 14.1. The molecule has 0 atom stereocenters. The number of nitrogens with zero attached hydrogens (tertiary/aromatic N) is 2. The van der Waals surface area contributed by atoms with Crippen LogP contribution in [0.25, 0.3) is 0 Å². The maximum Gasteiger partial charge on any atom is 0.340 e. The molecule has 7 heteroatoms. The minimum Gasteiger partial charge on any atom is -0.456 e. The number of hydrogen-bond acceptors (Lipinski definition) is 6. The van der Waals surface area contributed by atoms with E-state index < -0.39 is 11.6 Å². The van der Waals surface area contributed by atoms with Gasteiger partial charge in [0.2, 0.25) is 0 Å². The fourth-order valence-electron chi connectivity index (χ4n) is 9.40. The topological polar surface area (TPSA) is 71.1 Å². The Bertz CT molecular complexity index is 1980. The average molecular weight is 624 g/mol. The van der Waals surface area contributed by atoms with Crippen molar-refractivity contribution in [1.29, 1.82) is 0 Å². The summed E-state index contributed by atoms with van der Waals surface area (Å²) in [5, 5.41) is 3.01. The number of nitrogens with one attached hydrogen (secondary N) is 1. The van der Waals surface area contributed by atoms with Gasteiger partial charge in [0.15, 0.2) is 5.60 Å². The molecule has 7 nitrogen and oxygen atoms in total. The number of carbonyl (C=O) groups is 2. The van der Waals surface area contributed by atoms with Crippen molar-refractivity contribution in [2.75, 3.05) is 41.3 Å². The SMILES string of the molecule is Cc1cccc(NC(=O)c2ccc3c(c2)C(=O)OC32c3cc4c5c(c3Oc3c2cc2c6c3CCCN6CCC2)CCCN5CCC4)c1. The second kappa shape index (κ2) is 9.86. The van der Waals surface area contributed by atoms with E-state index in [-0.39, 0.29) is 5.91 Å². The molecule has 10 rings (SSSR count). The molecule has 236 valence electrons. The summed E-state index contributed by atoms with van der Waals surface area (Å²) in [6.45, 7) is 6.27. The molecule has 1 N–H and O–H groups in total. The molecule has 0 saturated carbocycles. The molecule has 6 heterocycles. The smallest absolute Gasteiger partial charge is 0.340 e. The maximum absolute atomic E-state index is 14.1. The summed E-state index contributed by atoms with van der Waals surface area (Å²) in [6.07, 6.45) is 8.26. The molecule has 6 aliphatic rings. The number of fused-ring (bicyclic) bond motifs is 8. The number of amides is 1. The van der Waals surface area contributed by atoms with Gasteiger partial charge in [-0.15, -0.1) is 0 Å². The van der Waals surface area contributed by atoms with Crippen LogP contribution in [-0.2, 0) is 36.0 Å². The normalized spacial score (nSPS) is 19.1. The Labute approximate surface area is 274 Å². The highest BCUT2D eigenvalue weighted by atomic mass is 16.6. The summed E-state index contributed by atoms with van der Waals surface area (Å²) in [6, 6.07) is 17.8. The first-order valence-corrected chi connectivity index (χ1v) is 17.3. The molecular weight excluding hydrogens is 586 g/mol. The maximum atomic E-state index is 14.1. The van der Waals surface area contributed by atoms with Crippen LogP contribution in [0.2, 0.25) is 0 Å². The van der Waals surface area contributed by atoms with E-state index in [1.807, 2.05) is 43.3 Å². The molecule has 0 bridgehead atoms. The Balaban J connectivity index is 1.20. The van der Waals surface area contributed by atoms with Crippen molar-refractivity contribution < 1.29 is 19.1 Å². The third-order valence-corrected chi connectivity index (χ3v) is 11.3. The standard InChI is InChI=1S/C40H37N3O4/c1-23-7-2-10-27(19-23)41-38(44)26-13-14-31-30(20-26)39(45)47-40(31)32-21-24-8-3-15-42-17-5-11-28(34(24)42)36(32)46-37-29-12-6-18-43-16-4-9-25(35(29)43)22-33(37)40/h2,7,10,13-14,19-22H,3-6,8-9,11-12,15-18H2,1H3,(H,41,44). The summed E-state index contributed by atoms with van der Waals surface area (Å²) < 4.78 is 14.0. The number of carbonyl (C=O) groups excluding carboxylic acids is 2. The quantitative estimate of drug-likeness (QED) is 0.238. The Morgan fingerprint density at radius 1 is 0.745 bits per heavy atom. The van der Waals surface area contributed by atoms with E-state index in [9.17, 15) is 9.59 Å². The lowest BCUT2D eigenvalue weighted by Gasteiger charge is -2.45. The number of benzene rings is 4. The Kier molecular flexibility index (Phi) is 5.74. The lowest BCUT2D eigenvalue weighted by atomic mass is 9.72. The fourth-order valence-corrected chi connectivity index (χ4v) is 9.40. The predicted octanol–water partition coefficient (Wildman–Crippen LogP) is 7.21. The number of hydrogen-bond donors (Lipinski definition) is 1. The molecule has 47 heavy (non-hydrogen) atoms. The van der Waals surface area contributed by atoms with E-state index in [2.05, 4.69) is 27.2 Å². The van der Waals surface area contributed by atoms with Crippen LogP contribution in [0.5, 0.6) is 11.5 Å². The van der Waals surface area contributed by atoms with Gasteiger partial charge in [0.25, 0.3) is 5.91 Å². The zero-order valence-corrected chi connectivity index (χ0v) is 26.7. The van der Waals surface area contributed by atoms with Crippen molar-refractivity contribution >= 4 is 28.9 Å². The van der Waals surface area contributed by atoms with Crippen LogP contribution in [0.1, 0.15) is 90.9 Å². The van der Waals surface area contributed by atoms with E-state index in [4.69, 9.17) is 9.47 Å². The molecule has 0 aliphatic carbocycles. The van der Waals surface area contributed by atoms with Gasteiger partial charge in [-0.3, -0.25) is 4.79 Å². The highest BCUT2D eigenvalue weighted by Gasteiger charge is 2.56. The van der Waals surface area contributed by atoms with Crippen molar-refractivity contribution in [2.45, 2.75) is 63.9 Å². The van der Waals surface area contributed by atoms with Crippen molar-refractivity contribution in [2.24, 2.45) is 0 Å². The van der Waals surface area contributed by atoms with Crippen LogP contribution in [-0.4, -0.2) is 38.1 Å². The lowest BCUT2D eigenvalue weighted by molar-refractivity contribution is 0.0222. The van der Waals surface area contributed by atoms with Gasteiger partial charge >= 0.3 is 5.97 Å². The Morgan fingerprint density at radius 3 is 1.98 bits per heavy atom. The second-order valence-corrected chi connectivity index (χ2v) is 14.1. The van der Waals surface area contributed by atoms with Gasteiger partial charge in [0.05, 0.1) is 5.56 Å². The molecule has 6 aliphatic heterocycles. The van der Waals surface area contributed by atoms with Crippen LogP contribution < -0.4 is 19.9 Å². The summed E-state index contributed by atoms with van der Waals surface area (Å²) >= 11 is 0. The van der Waals surface area contributed by atoms with Gasteiger partial charge in [-0.1, -0.05) is 18.2 Å². The van der Waals surface area contributed by atoms with Crippen LogP contribution in [0, 0.1) is 6.92 Å².